The highest BCUT2D eigenvalue weighted by molar-refractivity contribution is 6.34. The molecule has 3 aliphatic heterocycles. The van der Waals surface area contributed by atoms with Gasteiger partial charge in [0.05, 0.1) is 0 Å². The van der Waals surface area contributed by atoms with Crippen LogP contribution in [-0.4, -0.2) is 42.1 Å². The second kappa shape index (κ2) is 6.22. The van der Waals surface area contributed by atoms with Crippen molar-refractivity contribution in [2.75, 3.05) is 31.5 Å². The summed E-state index contributed by atoms with van der Waals surface area (Å²) < 4.78 is 0. The van der Waals surface area contributed by atoms with Crippen LogP contribution in [0.15, 0.2) is 12.1 Å². The lowest BCUT2D eigenvalue weighted by atomic mass is 9.68. The molecule has 120 valence electrons. The van der Waals surface area contributed by atoms with Gasteiger partial charge in [0.2, 0.25) is 0 Å². The summed E-state index contributed by atoms with van der Waals surface area (Å²) in [4.78, 5) is 18.6. The van der Waals surface area contributed by atoms with Crippen LogP contribution in [0, 0.1) is 11.3 Å². The first kappa shape index (κ1) is 15.8. The molecule has 0 spiro atoms. The molecule has 1 atom stereocenters. The number of carbonyl (C=O) groups excluding carboxylic acids is 1. The van der Waals surface area contributed by atoms with Gasteiger partial charge in [-0.25, -0.2) is 9.78 Å². The normalized spacial score (nSPS) is 30.1. The largest absolute Gasteiger partial charge is 0.337 e. The highest BCUT2D eigenvalue weighted by Crippen LogP contribution is 2.41. The van der Waals surface area contributed by atoms with Crippen molar-refractivity contribution >= 4 is 35.1 Å². The molecular weight excluding hydrogens is 323 g/mol. The molecule has 22 heavy (non-hydrogen) atoms. The van der Waals surface area contributed by atoms with Gasteiger partial charge in [0, 0.05) is 23.5 Å². The van der Waals surface area contributed by atoms with E-state index in [0.717, 1.165) is 6.54 Å². The summed E-state index contributed by atoms with van der Waals surface area (Å²) in [5.74, 6) is 1.05. The zero-order valence-corrected chi connectivity index (χ0v) is 14.0. The molecule has 4 heterocycles. The minimum atomic E-state index is -0.275. The molecule has 1 aromatic rings. The number of carbonyl (C=O) groups is 1. The third-order valence-corrected chi connectivity index (χ3v) is 5.22. The van der Waals surface area contributed by atoms with Gasteiger partial charge in [0.1, 0.15) is 11.0 Å². The summed E-state index contributed by atoms with van der Waals surface area (Å²) in [5, 5.41) is 6.34. The Morgan fingerprint density at radius 3 is 2.73 bits per heavy atom. The van der Waals surface area contributed by atoms with Crippen molar-refractivity contribution in [3.8, 4) is 0 Å². The molecule has 2 N–H and O–H groups in total. The topological polar surface area (TPSA) is 57.3 Å². The summed E-state index contributed by atoms with van der Waals surface area (Å²) >= 11 is 11.7. The Labute approximate surface area is 140 Å². The van der Waals surface area contributed by atoms with Gasteiger partial charge in [-0.3, -0.25) is 5.32 Å². The van der Waals surface area contributed by atoms with Crippen LogP contribution in [0.25, 0.3) is 0 Å². The van der Waals surface area contributed by atoms with E-state index in [9.17, 15) is 4.79 Å². The molecule has 2 amide bonds. The fraction of sp³-hybridized carbons (Fsp3) is 0.600. The molecule has 3 aliphatic rings. The number of halogens is 2. The highest BCUT2D eigenvalue weighted by atomic mass is 35.5. The lowest BCUT2D eigenvalue weighted by molar-refractivity contribution is -0.0140. The zero-order chi connectivity index (χ0) is 15.7. The molecule has 0 saturated carbocycles. The maximum absolute atomic E-state index is 12.1. The number of fused-ring (bicyclic) bond motifs is 3. The summed E-state index contributed by atoms with van der Waals surface area (Å²) in [7, 11) is 0. The van der Waals surface area contributed by atoms with Gasteiger partial charge in [0.25, 0.3) is 0 Å². The van der Waals surface area contributed by atoms with Crippen molar-refractivity contribution in [2.24, 2.45) is 11.3 Å². The van der Waals surface area contributed by atoms with Crippen molar-refractivity contribution < 1.29 is 4.79 Å². The molecule has 0 unspecified atom stereocenters. The maximum atomic E-state index is 12.1. The Morgan fingerprint density at radius 2 is 2.14 bits per heavy atom. The number of hydrogen-bond donors (Lipinski definition) is 2. The van der Waals surface area contributed by atoms with Crippen molar-refractivity contribution in [1.29, 1.82) is 0 Å². The van der Waals surface area contributed by atoms with Crippen LogP contribution in [0.4, 0.5) is 10.6 Å². The summed E-state index contributed by atoms with van der Waals surface area (Å²) in [6, 6.07) is 2.83. The number of amides is 2. The zero-order valence-electron chi connectivity index (χ0n) is 12.5. The summed E-state index contributed by atoms with van der Waals surface area (Å²) in [5.41, 5.74) is 0.146. The van der Waals surface area contributed by atoms with Gasteiger partial charge in [-0.2, -0.15) is 0 Å². The minimum absolute atomic E-state index is 0.146. The average molecular weight is 343 g/mol. The van der Waals surface area contributed by atoms with Crippen LogP contribution in [0.1, 0.15) is 19.8 Å². The quantitative estimate of drug-likeness (QED) is 0.829. The number of anilines is 1. The fourth-order valence-electron chi connectivity index (χ4n) is 3.60. The lowest BCUT2D eigenvalue weighted by Crippen LogP contribution is -2.57. The maximum Gasteiger partial charge on any atom is 0.320 e. The van der Waals surface area contributed by atoms with Gasteiger partial charge in [-0.1, -0.05) is 30.1 Å². The molecule has 2 bridgehead atoms. The van der Waals surface area contributed by atoms with E-state index in [0.29, 0.717) is 23.3 Å². The smallest absolute Gasteiger partial charge is 0.320 e. The first-order chi connectivity index (χ1) is 10.4. The SMILES string of the molecule is C[C@@]1(CNC(=O)Nc2cc(Cl)cc(Cl)n2)CN2CCC1CC2. The first-order valence-electron chi connectivity index (χ1n) is 7.55. The third-order valence-electron chi connectivity index (χ3n) is 4.81. The third kappa shape index (κ3) is 3.47. The minimum Gasteiger partial charge on any atom is -0.337 e. The molecule has 7 heteroatoms. The highest BCUT2D eigenvalue weighted by Gasteiger charge is 2.43. The Balaban J connectivity index is 1.56. The van der Waals surface area contributed by atoms with E-state index in [4.69, 9.17) is 23.2 Å². The molecule has 4 rings (SSSR count). The Morgan fingerprint density at radius 1 is 1.41 bits per heavy atom. The van der Waals surface area contributed by atoms with E-state index < -0.39 is 0 Å². The monoisotopic (exact) mass is 342 g/mol. The average Bonchev–Trinajstić information content (AvgIpc) is 2.45. The van der Waals surface area contributed by atoms with E-state index >= 15 is 0 Å². The van der Waals surface area contributed by atoms with Crippen molar-refractivity contribution in [3.63, 3.8) is 0 Å². The van der Waals surface area contributed by atoms with E-state index in [1.165, 1.54) is 32.0 Å². The standard InChI is InChI=1S/C15H20Cl2N4O/c1-15(9-21-4-2-10(15)3-5-21)8-18-14(22)20-13-7-11(16)6-12(17)19-13/h6-7,10H,2-5,8-9H2,1H3,(H2,18,19,20,22)/t15-/m1/s1. The lowest BCUT2D eigenvalue weighted by Gasteiger charge is -2.51. The Kier molecular flexibility index (Phi) is 4.48. The first-order valence-corrected chi connectivity index (χ1v) is 8.30. The number of nitrogens with one attached hydrogen (secondary N) is 2. The van der Waals surface area contributed by atoms with Gasteiger partial charge < -0.3 is 10.2 Å². The molecule has 1 aromatic heterocycles. The number of nitrogens with zero attached hydrogens (tertiary/aromatic N) is 2. The fourth-order valence-corrected chi connectivity index (χ4v) is 4.07. The van der Waals surface area contributed by atoms with Crippen molar-refractivity contribution in [3.05, 3.63) is 22.3 Å². The molecule has 3 fully saturated rings. The van der Waals surface area contributed by atoms with E-state index in [-0.39, 0.29) is 16.6 Å². The second-order valence-electron chi connectivity index (χ2n) is 6.51. The van der Waals surface area contributed by atoms with Crippen LogP contribution in [0.3, 0.4) is 0 Å². The summed E-state index contributed by atoms with van der Waals surface area (Å²) in [6.07, 6.45) is 2.45. The molecule has 0 radical (unpaired) electrons. The van der Waals surface area contributed by atoms with Crippen LogP contribution in [-0.2, 0) is 0 Å². The second-order valence-corrected chi connectivity index (χ2v) is 7.33. The van der Waals surface area contributed by atoms with Gasteiger partial charge in [0.15, 0.2) is 0 Å². The summed E-state index contributed by atoms with van der Waals surface area (Å²) in [6.45, 7) is 6.36. The molecule has 3 saturated heterocycles. The number of aromatic nitrogens is 1. The van der Waals surface area contributed by atoms with Gasteiger partial charge in [-0.05, 0) is 44.0 Å². The van der Waals surface area contributed by atoms with E-state index in [1.54, 1.807) is 6.07 Å². The Hall–Kier alpha value is -1.04. The van der Waals surface area contributed by atoms with Gasteiger partial charge in [-0.15, -0.1) is 0 Å². The number of hydrogen-bond acceptors (Lipinski definition) is 3. The molecule has 0 aliphatic carbocycles. The number of urea groups is 1. The van der Waals surface area contributed by atoms with Crippen LogP contribution in [0.2, 0.25) is 10.2 Å². The molecule has 0 aromatic carbocycles. The predicted octanol–water partition coefficient (Wildman–Crippen LogP) is 3.24. The number of rotatable bonds is 3. The molecule has 5 nitrogen and oxygen atoms in total. The molecular formula is C15H20Cl2N4O. The number of pyridine rings is 1. The van der Waals surface area contributed by atoms with Gasteiger partial charge >= 0.3 is 6.03 Å². The predicted molar refractivity (Wildman–Crippen MR) is 88.5 cm³/mol. The van der Waals surface area contributed by atoms with E-state index in [2.05, 4.69) is 27.4 Å². The van der Waals surface area contributed by atoms with Crippen molar-refractivity contribution in [2.45, 2.75) is 19.8 Å². The van der Waals surface area contributed by atoms with Crippen LogP contribution in [0.5, 0.6) is 0 Å². The van der Waals surface area contributed by atoms with Crippen molar-refractivity contribution in [1.82, 2.24) is 15.2 Å². The Bertz CT molecular complexity index is 554. The van der Waals surface area contributed by atoms with Crippen LogP contribution < -0.4 is 10.6 Å². The van der Waals surface area contributed by atoms with Crippen LogP contribution >= 0.6 is 23.2 Å². The van der Waals surface area contributed by atoms with E-state index in [1.807, 2.05) is 0 Å². The number of piperidine rings is 3.